The minimum Gasteiger partial charge on any atom is -0.303 e. The lowest BCUT2D eigenvalue weighted by molar-refractivity contribution is 0.250. The Morgan fingerprint density at radius 2 is 1.64 bits per heavy atom. The third kappa shape index (κ3) is 2.48. The second-order valence-corrected chi connectivity index (χ2v) is 4.91. The Kier molecular flexibility index (Phi) is 3.42. The molecular weight excluding hydrogens is 172 g/mol. The lowest BCUT2D eigenvalue weighted by Gasteiger charge is -2.21. The average molecular weight is 192 g/mol. The third-order valence-electron chi connectivity index (χ3n) is 3.76. The van der Waals surface area contributed by atoms with Crippen molar-refractivity contribution >= 4 is 0 Å². The maximum absolute atomic E-state index is 8.50. The Labute approximate surface area is 86.9 Å². The molecule has 2 aliphatic heterocycles. The van der Waals surface area contributed by atoms with Crippen LogP contribution in [0, 0.1) is 23.2 Å². The van der Waals surface area contributed by atoms with Crippen LogP contribution in [-0.4, -0.2) is 24.5 Å². The minimum atomic E-state index is 0.728. The highest BCUT2D eigenvalue weighted by atomic mass is 15.1. The molecule has 3 aliphatic rings. The van der Waals surface area contributed by atoms with Gasteiger partial charge in [0.05, 0.1) is 6.07 Å². The van der Waals surface area contributed by atoms with Gasteiger partial charge in [0.25, 0.3) is 0 Å². The molecule has 3 fully saturated rings. The fraction of sp³-hybridized carbons (Fsp3) is 0.917. The number of rotatable bonds is 3. The lowest BCUT2D eigenvalue weighted by atomic mass is 9.84. The first-order chi connectivity index (χ1) is 6.88. The van der Waals surface area contributed by atoms with Crippen molar-refractivity contribution in [2.45, 2.75) is 38.5 Å². The molecule has 0 aromatic rings. The summed E-state index contributed by atoms with van der Waals surface area (Å²) in [6.07, 6.45) is 7.62. The molecule has 2 nitrogen and oxygen atoms in total. The second kappa shape index (κ2) is 4.79. The van der Waals surface area contributed by atoms with Crippen LogP contribution < -0.4 is 0 Å². The van der Waals surface area contributed by atoms with Crippen LogP contribution in [-0.2, 0) is 0 Å². The standard InChI is InChI=1S/C12H20N2/c13-7-1-2-8-14-9-11-3-4-12(10-14)6-5-11/h11-12H,1-6,8-10H2. The van der Waals surface area contributed by atoms with Gasteiger partial charge in [-0.25, -0.2) is 0 Å². The van der Waals surface area contributed by atoms with Crippen molar-refractivity contribution in [3.63, 3.8) is 0 Å². The van der Waals surface area contributed by atoms with Crippen molar-refractivity contribution in [1.29, 1.82) is 5.26 Å². The van der Waals surface area contributed by atoms with Crippen LogP contribution in [0.5, 0.6) is 0 Å². The van der Waals surface area contributed by atoms with E-state index in [1.165, 1.54) is 38.8 Å². The Morgan fingerprint density at radius 1 is 1.07 bits per heavy atom. The fourth-order valence-electron chi connectivity index (χ4n) is 2.97. The molecule has 0 aromatic heterocycles. The number of nitriles is 1. The van der Waals surface area contributed by atoms with Crippen molar-refractivity contribution in [3.05, 3.63) is 0 Å². The Balaban J connectivity index is 1.79. The summed E-state index contributed by atoms with van der Waals surface area (Å²) in [6.45, 7) is 3.77. The maximum atomic E-state index is 8.50. The predicted octanol–water partition coefficient (Wildman–Crippen LogP) is 2.41. The highest BCUT2D eigenvalue weighted by molar-refractivity contribution is 4.82. The molecule has 0 unspecified atom stereocenters. The zero-order chi connectivity index (χ0) is 9.80. The first kappa shape index (κ1) is 9.98. The van der Waals surface area contributed by atoms with Gasteiger partial charge in [0, 0.05) is 19.5 Å². The van der Waals surface area contributed by atoms with E-state index in [0.29, 0.717) is 0 Å². The molecule has 14 heavy (non-hydrogen) atoms. The number of unbranched alkanes of at least 4 members (excludes halogenated alkanes) is 1. The molecule has 1 aliphatic carbocycles. The molecule has 78 valence electrons. The van der Waals surface area contributed by atoms with Gasteiger partial charge >= 0.3 is 0 Å². The molecule has 0 radical (unpaired) electrons. The van der Waals surface area contributed by atoms with Gasteiger partial charge in [0.2, 0.25) is 0 Å². The number of fused-ring (bicyclic) bond motifs is 4. The van der Waals surface area contributed by atoms with Gasteiger partial charge < -0.3 is 4.90 Å². The first-order valence-electron chi connectivity index (χ1n) is 5.98. The molecule has 2 heteroatoms. The third-order valence-corrected chi connectivity index (χ3v) is 3.76. The van der Waals surface area contributed by atoms with Gasteiger partial charge in [-0.05, 0) is 50.5 Å². The molecule has 0 amide bonds. The van der Waals surface area contributed by atoms with Crippen LogP contribution in [0.1, 0.15) is 38.5 Å². The molecule has 0 N–H and O–H groups in total. The number of nitrogens with zero attached hydrogens (tertiary/aromatic N) is 2. The number of hydrogen-bond acceptors (Lipinski definition) is 2. The quantitative estimate of drug-likeness (QED) is 0.642. The van der Waals surface area contributed by atoms with Crippen molar-refractivity contribution in [2.24, 2.45) is 11.8 Å². The second-order valence-electron chi connectivity index (χ2n) is 4.91. The van der Waals surface area contributed by atoms with Gasteiger partial charge in [-0.15, -0.1) is 0 Å². The van der Waals surface area contributed by atoms with E-state index in [1.807, 2.05) is 0 Å². The molecule has 1 saturated carbocycles. The smallest absolute Gasteiger partial charge is 0.0622 e. The van der Waals surface area contributed by atoms with E-state index in [-0.39, 0.29) is 0 Å². The number of hydrogen-bond donors (Lipinski definition) is 0. The van der Waals surface area contributed by atoms with Crippen LogP contribution in [0.2, 0.25) is 0 Å². The summed E-state index contributed by atoms with van der Waals surface area (Å²) in [5, 5.41) is 8.50. The molecule has 0 aromatic carbocycles. The summed E-state index contributed by atoms with van der Waals surface area (Å²) < 4.78 is 0. The highest BCUT2D eigenvalue weighted by Gasteiger charge is 2.28. The van der Waals surface area contributed by atoms with E-state index < -0.39 is 0 Å². The average Bonchev–Trinajstić information content (AvgIpc) is 2.50. The zero-order valence-electron chi connectivity index (χ0n) is 8.91. The van der Waals surface area contributed by atoms with E-state index in [2.05, 4.69) is 11.0 Å². The lowest BCUT2D eigenvalue weighted by Crippen LogP contribution is -2.29. The van der Waals surface area contributed by atoms with Crippen molar-refractivity contribution < 1.29 is 0 Å². The van der Waals surface area contributed by atoms with Crippen LogP contribution in [0.15, 0.2) is 0 Å². The molecule has 0 spiro atoms. The molecule has 2 heterocycles. The van der Waals surface area contributed by atoms with E-state index in [4.69, 9.17) is 5.26 Å². The van der Waals surface area contributed by atoms with Gasteiger partial charge in [-0.1, -0.05) is 0 Å². The fourth-order valence-corrected chi connectivity index (χ4v) is 2.97. The molecule has 0 atom stereocenters. The summed E-state index contributed by atoms with van der Waals surface area (Å²) in [5.41, 5.74) is 0. The summed E-state index contributed by atoms with van der Waals surface area (Å²) in [6, 6.07) is 2.23. The summed E-state index contributed by atoms with van der Waals surface area (Å²) in [4.78, 5) is 2.60. The summed E-state index contributed by atoms with van der Waals surface area (Å²) >= 11 is 0. The first-order valence-corrected chi connectivity index (χ1v) is 5.98. The van der Waals surface area contributed by atoms with E-state index in [1.54, 1.807) is 0 Å². The predicted molar refractivity (Wildman–Crippen MR) is 56.7 cm³/mol. The largest absolute Gasteiger partial charge is 0.303 e. The van der Waals surface area contributed by atoms with Gasteiger partial charge in [-0.3, -0.25) is 0 Å². The van der Waals surface area contributed by atoms with Crippen LogP contribution in [0.3, 0.4) is 0 Å². The zero-order valence-corrected chi connectivity index (χ0v) is 8.91. The molecule has 2 bridgehead atoms. The van der Waals surface area contributed by atoms with Crippen LogP contribution >= 0.6 is 0 Å². The van der Waals surface area contributed by atoms with Gasteiger partial charge in [0.1, 0.15) is 0 Å². The minimum absolute atomic E-state index is 0.728. The van der Waals surface area contributed by atoms with Crippen LogP contribution in [0.25, 0.3) is 0 Å². The van der Waals surface area contributed by atoms with Gasteiger partial charge in [-0.2, -0.15) is 5.26 Å². The monoisotopic (exact) mass is 192 g/mol. The van der Waals surface area contributed by atoms with E-state index in [9.17, 15) is 0 Å². The Hall–Kier alpha value is -0.550. The Morgan fingerprint density at radius 3 is 2.14 bits per heavy atom. The SMILES string of the molecule is N#CCCCN1CC2CCC(CC2)C1. The molecule has 3 rings (SSSR count). The van der Waals surface area contributed by atoms with Crippen molar-refractivity contribution in [2.75, 3.05) is 19.6 Å². The van der Waals surface area contributed by atoms with Crippen molar-refractivity contribution in [3.8, 4) is 6.07 Å². The van der Waals surface area contributed by atoms with Crippen LogP contribution in [0.4, 0.5) is 0 Å². The maximum Gasteiger partial charge on any atom is 0.0622 e. The summed E-state index contributed by atoms with van der Waals surface area (Å²) in [7, 11) is 0. The van der Waals surface area contributed by atoms with Crippen molar-refractivity contribution in [1.82, 2.24) is 4.90 Å². The summed E-state index contributed by atoms with van der Waals surface area (Å²) in [5.74, 6) is 1.94. The normalized spacial score (nSPS) is 32.5. The highest BCUT2D eigenvalue weighted by Crippen LogP contribution is 2.33. The topological polar surface area (TPSA) is 27.0 Å². The van der Waals surface area contributed by atoms with Gasteiger partial charge in [0.15, 0.2) is 0 Å². The molecular formula is C12H20N2. The Bertz CT molecular complexity index is 197. The van der Waals surface area contributed by atoms with E-state index >= 15 is 0 Å². The molecule has 2 saturated heterocycles. The van der Waals surface area contributed by atoms with E-state index in [0.717, 1.165) is 31.2 Å².